The maximum atomic E-state index is 11.0. The van der Waals surface area contributed by atoms with Crippen LogP contribution in [-0.4, -0.2) is 16.9 Å². The van der Waals surface area contributed by atoms with Gasteiger partial charge in [-0.2, -0.15) is 4.98 Å². The molecule has 6 nitrogen and oxygen atoms in total. The highest BCUT2D eigenvalue weighted by atomic mass is 32.7. The van der Waals surface area contributed by atoms with Crippen molar-refractivity contribution in [3.8, 4) is 0 Å². The highest BCUT2D eigenvalue weighted by Gasteiger charge is 2.21. The van der Waals surface area contributed by atoms with Gasteiger partial charge in [-0.25, -0.2) is 0 Å². The van der Waals surface area contributed by atoms with Gasteiger partial charge in [-0.1, -0.05) is 12.1 Å². The molecular formula is C6H11N3O3PS+. The minimum atomic E-state index is -1.79. The van der Waals surface area contributed by atoms with Crippen LogP contribution in [0.25, 0.3) is 0 Å². The molecule has 8 heteroatoms. The summed E-state index contributed by atoms with van der Waals surface area (Å²) in [5.41, 5.74) is 5.05. The molecule has 0 aliphatic heterocycles. The molecule has 0 aromatic carbocycles. The fourth-order valence-electron chi connectivity index (χ4n) is 0.698. The Hall–Kier alpha value is -0.490. The van der Waals surface area contributed by atoms with E-state index in [1.807, 2.05) is 6.92 Å². The number of nitrogens with two attached hydrogens (primary N) is 1. The molecule has 0 amide bonds. The van der Waals surface area contributed by atoms with E-state index in [4.69, 9.17) is 10.3 Å². The zero-order chi connectivity index (χ0) is 10.4. The first-order valence-corrected chi connectivity index (χ1v) is 6.77. The topological polar surface area (TPSA) is 91.2 Å². The number of hydrogen-bond donors (Lipinski definition) is 1. The molecule has 0 saturated heterocycles. The largest absolute Gasteiger partial charge is 0.587 e. The summed E-state index contributed by atoms with van der Waals surface area (Å²) in [7, 11) is -1.79. The quantitative estimate of drug-likeness (QED) is 0.590. The maximum absolute atomic E-state index is 11.0. The lowest BCUT2D eigenvalue weighted by Gasteiger charge is -1.82. The van der Waals surface area contributed by atoms with Crippen LogP contribution in [-0.2, 0) is 21.3 Å². The molecule has 1 aromatic heterocycles. The lowest BCUT2D eigenvalue weighted by molar-refractivity contribution is 0.351. The van der Waals surface area contributed by atoms with E-state index in [2.05, 4.69) is 14.7 Å². The van der Waals surface area contributed by atoms with Gasteiger partial charge < -0.3 is 10.3 Å². The summed E-state index contributed by atoms with van der Waals surface area (Å²) in [6.07, 6.45) is 0.722. The van der Waals surface area contributed by atoms with Crippen molar-refractivity contribution in [1.82, 2.24) is 10.1 Å². The maximum Gasteiger partial charge on any atom is 0.587 e. The minimum absolute atomic E-state index is 0.0494. The zero-order valence-electron chi connectivity index (χ0n) is 7.67. The van der Waals surface area contributed by atoms with Crippen LogP contribution in [0.15, 0.2) is 4.52 Å². The predicted molar refractivity (Wildman–Crippen MR) is 52.7 cm³/mol. The molecule has 1 heterocycles. The van der Waals surface area contributed by atoms with E-state index < -0.39 is 7.23 Å². The van der Waals surface area contributed by atoms with Gasteiger partial charge in [0.15, 0.2) is 23.9 Å². The summed E-state index contributed by atoms with van der Waals surface area (Å²) >= 11 is 1.09. The molecule has 2 N–H and O–H groups in total. The average Bonchev–Trinajstić information content (AvgIpc) is 2.63. The molecule has 1 rings (SSSR count). The number of aryl methyl sites for hydroxylation is 1. The molecule has 1 unspecified atom stereocenters. The molecule has 78 valence electrons. The van der Waals surface area contributed by atoms with Crippen LogP contribution in [0, 0.1) is 0 Å². The first kappa shape index (κ1) is 11.6. The third-order valence-corrected chi connectivity index (χ3v) is 3.58. The minimum Gasteiger partial charge on any atom is -0.338 e. The number of aromatic nitrogens is 2. The van der Waals surface area contributed by atoms with Crippen LogP contribution >= 0.6 is 18.6 Å². The summed E-state index contributed by atoms with van der Waals surface area (Å²) in [5, 5.41) is 3.70. The van der Waals surface area contributed by atoms with Gasteiger partial charge in [0.2, 0.25) is 5.89 Å². The third kappa shape index (κ3) is 3.71. The van der Waals surface area contributed by atoms with Gasteiger partial charge in [0.1, 0.15) is 5.75 Å². The Balaban J connectivity index is 2.34. The number of rotatable bonds is 6. The fourth-order valence-corrected chi connectivity index (χ4v) is 2.28. The molecule has 0 fully saturated rings. The van der Waals surface area contributed by atoms with Crippen molar-refractivity contribution < 1.29 is 13.6 Å². The van der Waals surface area contributed by atoms with Gasteiger partial charge in [-0.05, 0) is 4.57 Å². The lowest BCUT2D eigenvalue weighted by Crippen LogP contribution is -1.97. The molecule has 0 radical (unpaired) electrons. The SMILES string of the molecule is CCc1noc(CS[P+](=O)OCN)n1. The van der Waals surface area contributed by atoms with Crippen LogP contribution in [0.4, 0.5) is 0 Å². The standard InChI is InChI=1S/C6H11N3O3PS/c1-2-5-8-6(12-9-5)3-14-13(10)11-4-7/h2-4,7H2,1H3/q+1. The van der Waals surface area contributed by atoms with Gasteiger partial charge in [-0.15, -0.1) is 4.52 Å². The van der Waals surface area contributed by atoms with Gasteiger partial charge in [-0.3, -0.25) is 0 Å². The average molecular weight is 236 g/mol. The summed E-state index contributed by atoms with van der Waals surface area (Å²) in [6, 6.07) is 0. The van der Waals surface area contributed by atoms with Gasteiger partial charge >= 0.3 is 7.23 Å². The zero-order valence-corrected chi connectivity index (χ0v) is 9.38. The summed E-state index contributed by atoms with van der Waals surface area (Å²) in [6.45, 7) is 1.88. The van der Waals surface area contributed by atoms with Gasteiger partial charge in [0.25, 0.3) is 0 Å². The van der Waals surface area contributed by atoms with Crippen molar-refractivity contribution in [2.24, 2.45) is 5.73 Å². The molecule has 1 atom stereocenters. The molecular weight excluding hydrogens is 225 g/mol. The van der Waals surface area contributed by atoms with Crippen molar-refractivity contribution in [3.05, 3.63) is 11.7 Å². The monoisotopic (exact) mass is 236 g/mol. The predicted octanol–water partition coefficient (Wildman–Crippen LogP) is 1.46. The molecule has 1 aromatic rings. The van der Waals surface area contributed by atoms with Crippen LogP contribution in [0.2, 0.25) is 0 Å². The Morgan fingerprint density at radius 2 is 2.50 bits per heavy atom. The molecule has 0 aliphatic carbocycles. The Bertz CT molecular complexity index is 306. The van der Waals surface area contributed by atoms with E-state index in [0.29, 0.717) is 17.5 Å². The summed E-state index contributed by atoms with van der Waals surface area (Å²) in [5.74, 6) is 1.48. The molecule has 0 saturated carbocycles. The highest BCUT2D eigenvalue weighted by Crippen LogP contribution is 2.40. The van der Waals surface area contributed by atoms with E-state index in [9.17, 15) is 4.57 Å². The smallest absolute Gasteiger partial charge is 0.338 e. The lowest BCUT2D eigenvalue weighted by atomic mass is 10.5. The number of hydrogen-bond acceptors (Lipinski definition) is 7. The van der Waals surface area contributed by atoms with Crippen LogP contribution in [0.3, 0.4) is 0 Å². The molecule has 0 spiro atoms. The first-order valence-electron chi connectivity index (χ1n) is 4.01. The Kier molecular flexibility index (Phi) is 5.03. The normalized spacial score (nSPS) is 11.7. The van der Waals surface area contributed by atoms with Crippen molar-refractivity contribution in [3.63, 3.8) is 0 Å². The van der Waals surface area contributed by atoms with Crippen LogP contribution in [0.1, 0.15) is 18.6 Å². The third-order valence-electron chi connectivity index (χ3n) is 1.30. The molecule has 0 aliphatic rings. The van der Waals surface area contributed by atoms with Crippen LogP contribution < -0.4 is 5.73 Å². The summed E-state index contributed by atoms with van der Waals surface area (Å²) in [4.78, 5) is 4.05. The fraction of sp³-hybridized carbons (Fsp3) is 0.667. The second-order valence-corrected chi connectivity index (χ2v) is 5.17. The van der Waals surface area contributed by atoms with Gasteiger partial charge in [0.05, 0.1) is 0 Å². The first-order chi connectivity index (χ1) is 6.76. The second-order valence-electron chi connectivity index (χ2n) is 2.25. The van der Waals surface area contributed by atoms with Crippen molar-refractivity contribution in [1.29, 1.82) is 0 Å². The number of nitrogens with zero attached hydrogens (tertiary/aromatic N) is 2. The van der Waals surface area contributed by atoms with E-state index in [0.717, 1.165) is 17.8 Å². The van der Waals surface area contributed by atoms with E-state index in [1.54, 1.807) is 0 Å². The Labute approximate surface area is 86.2 Å². The van der Waals surface area contributed by atoms with E-state index in [-0.39, 0.29) is 6.73 Å². The Morgan fingerprint density at radius 1 is 1.71 bits per heavy atom. The van der Waals surface area contributed by atoms with Gasteiger partial charge in [0, 0.05) is 6.42 Å². The van der Waals surface area contributed by atoms with E-state index >= 15 is 0 Å². The van der Waals surface area contributed by atoms with E-state index in [1.165, 1.54) is 0 Å². The van der Waals surface area contributed by atoms with Crippen molar-refractivity contribution in [2.45, 2.75) is 19.1 Å². The Morgan fingerprint density at radius 3 is 3.07 bits per heavy atom. The summed E-state index contributed by atoms with van der Waals surface area (Å²) < 4.78 is 20.6. The molecule has 14 heavy (non-hydrogen) atoms. The highest BCUT2D eigenvalue weighted by molar-refractivity contribution is 8.49. The second kappa shape index (κ2) is 6.08. The molecule has 0 bridgehead atoms. The van der Waals surface area contributed by atoms with Crippen LogP contribution in [0.5, 0.6) is 0 Å². The van der Waals surface area contributed by atoms with Crippen molar-refractivity contribution in [2.75, 3.05) is 6.73 Å². The van der Waals surface area contributed by atoms with Crippen molar-refractivity contribution >= 4 is 18.6 Å².